The van der Waals surface area contributed by atoms with Crippen LogP contribution in [0.1, 0.15) is 18.4 Å². The summed E-state index contributed by atoms with van der Waals surface area (Å²) in [7, 11) is 0. The highest BCUT2D eigenvalue weighted by molar-refractivity contribution is 5.85. The zero-order valence-electron chi connectivity index (χ0n) is 7.19. The Kier molecular flexibility index (Phi) is 4.04. The summed E-state index contributed by atoms with van der Waals surface area (Å²) < 4.78 is 0. The second kappa shape index (κ2) is 4.18. The Bertz CT molecular complexity index is 267. The molecule has 1 aromatic carbocycles. The van der Waals surface area contributed by atoms with Crippen LogP contribution < -0.4 is 11.5 Å². The SMILES string of the molecule is Cl.Cl.Nc1ccc(C2(N)CC2)cc1. The number of hydrogen-bond donors (Lipinski definition) is 2. The molecule has 2 rings (SSSR count). The third-order valence-electron chi connectivity index (χ3n) is 2.27. The highest BCUT2D eigenvalue weighted by atomic mass is 35.5. The van der Waals surface area contributed by atoms with Gasteiger partial charge in [-0.05, 0) is 30.5 Å². The summed E-state index contributed by atoms with van der Waals surface area (Å²) >= 11 is 0. The first-order valence-corrected chi connectivity index (χ1v) is 3.86. The van der Waals surface area contributed by atoms with E-state index in [1.807, 2.05) is 24.3 Å². The summed E-state index contributed by atoms with van der Waals surface area (Å²) in [5.41, 5.74) is 13.5. The van der Waals surface area contributed by atoms with Crippen molar-refractivity contribution in [1.82, 2.24) is 0 Å². The number of nitrogens with two attached hydrogens (primary N) is 2. The van der Waals surface area contributed by atoms with Crippen LogP contribution in [-0.4, -0.2) is 0 Å². The average Bonchev–Trinajstić information content (AvgIpc) is 2.70. The van der Waals surface area contributed by atoms with Gasteiger partial charge in [-0.3, -0.25) is 0 Å². The van der Waals surface area contributed by atoms with Gasteiger partial charge in [0.1, 0.15) is 0 Å². The van der Waals surface area contributed by atoms with Crippen LogP contribution in [0, 0.1) is 0 Å². The van der Waals surface area contributed by atoms with Crippen molar-refractivity contribution in [2.75, 3.05) is 5.73 Å². The smallest absolute Gasteiger partial charge is 0.0411 e. The predicted molar refractivity (Wildman–Crippen MR) is 60.4 cm³/mol. The average molecular weight is 221 g/mol. The Morgan fingerprint density at radius 1 is 1.00 bits per heavy atom. The monoisotopic (exact) mass is 220 g/mol. The number of nitrogen functional groups attached to an aromatic ring is 1. The van der Waals surface area contributed by atoms with E-state index < -0.39 is 0 Å². The van der Waals surface area contributed by atoms with Crippen LogP contribution in [0.5, 0.6) is 0 Å². The number of halogens is 2. The van der Waals surface area contributed by atoms with E-state index in [1.165, 1.54) is 5.56 Å². The summed E-state index contributed by atoms with van der Waals surface area (Å²) in [6, 6.07) is 7.84. The van der Waals surface area contributed by atoms with Gasteiger partial charge in [0.15, 0.2) is 0 Å². The lowest BCUT2D eigenvalue weighted by molar-refractivity contribution is 0.740. The highest BCUT2D eigenvalue weighted by Gasteiger charge is 2.39. The van der Waals surface area contributed by atoms with Crippen LogP contribution >= 0.6 is 24.8 Å². The third-order valence-corrected chi connectivity index (χ3v) is 2.27. The van der Waals surface area contributed by atoms with Crippen molar-refractivity contribution in [3.63, 3.8) is 0 Å². The van der Waals surface area contributed by atoms with Crippen molar-refractivity contribution in [3.05, 3.63) is 29.8 Å². The molecule has 0 aromatic heterocycles. The maximum atomic E-state index is 5.98. The van der Waals surface area contributed by atoms with E-state index in [9.17, 15) is 0 Å². The van der Waals surface area contributed by atoms with Gasteiger partial charge in [-0.15, -0.1) is 24.8 Å². The molecule has 0 saturated heterocycles. The molecule has 0 spiro atoms. The van der Waals surface area contributed by atoms with Gasteiger partial charge in [-0.1, -0.05) is 12.1 Å². The van der Waals surface area contributed by atoms with Crippen molar-refractivity contribution >= 4 is 30.5 Å². The molecule has 2 nitrogen and oxygen atoms in total. The zero-order valence-corrected chi connectivity index (χ0v) is 8.83. The molecule has 0 radical (unpaired) electrons. The maximum absolute atomic E-state index is 5.98. The molecule has 0 unspecified atom stereocenters. The lowest BCUT2D eigenvalue weighted by atomic mass is 10.1. The Morgan fingerprint density at radius 3 is 1.85 bits per heavy atom. The fourth-order valence-corrected chi connectivity index (χ4v) is 1.24. The molecule has 1 aliphatic rings. The molecule has 4 heteroatoms. The Hall–Kier alpha value is -0.440. The van der Waals surface area contributed by atoms with Gasteiger partial charge >= 0.3 is 0 Å². The van der Waals surface area contributed by atoms with Gasteiger partial charge in [-0.2, -0.15) is 0 Å². The van der Waals surface area contributed by atoms with Gasteiger partial charge in [-0.25, -0.2) is 0 Å². The lowest BCUT2D eigenvalue weighted by Gasteiger charge is -2.07. The molecule has 0 aliphatic heterocycles. The van der Waals surface area contributed by atoms with Crippen LogP contribution in [0.3, 0.4) is 0 Å². The molecule has 0 atom stereocenters. The first kappa shape index (κ1) is 12.6. The number of benzene rings is 1. The van der Waals surface area contributed by atoms with E-state index in [-0.39, 0.29) is 30.4 Å². The molecule has 74 valence electrons. The summed E-state index contributed by atoms with van der Waals surface area (Å²) in [5, 5.41) is 0. The summed E-state index contributed by atoms with van der Waals surface area (Å²) in [5.74, 6) is 0. The quantitative estimate of drug-likeness (QED) is 0.713. The van der Waals surface area contributed by atoms with E-state index in [2.05, 4.69) is 0 Å². The second-order valence-corrected chi connectivity index (χ2v) is 3.28. The van der Waals surface area contributed by atoms with E-state index in [1.54, 1.807) is 0 Å². The molecule has 4 N–H and O–H groups in total. The standard InChI is InChI=1S/C9H12N2.2ClH/c10-8-3-1-7(2-4-8)9(11)5-6-9;;/h1-4H,5-6,10-11H2;2*1H. The number of rotatable bonds is 1. The van der Waals surface area contributed by atoms with Gasteiger partial charge in [0.2, 0.25) is 0 Å². The first-order chi connectivity index (χ1) is 5.21. The molecule has 0 amide bonds. The molecule has 1 aromatic rings. The minimum atomic E-state index is -0.0201. The van der Waals surface area contributed by atoms with Gasteiger partial charge in [0.25, 0.3) is 0 Å². The van der Waals surface area contributed by atoms with Crippen molar-refractivity contribution in [2.45, 2.75) is 18.4 Å². The van der Waals surface area contributed by atoms with Crippen molar-refractivity contribution in [2.24, 2.45) is 5.73 Å². The molecule has 13 heavy (non-hydrogen) atoms. The predicted octanol–water partition coefficient (Wildman–Crippen LogP) is 2.06. The molecule has 1 aliphatic carbocycles. The van der Waals surface area contributed by atoms with Crippen molar-refractivity contribution < 1.29 is 0 Å². The Balaban J connectivity index is 0.000000720. The van der Waals surface area contributed by atoms with Gasteiger partial charge < -0.3 is 11.5 Å². The molecular weight excluding hydrogens is 207 g/mol. The molecule has 0 heterocycles. The fourth-order valence-electron chi connectivity index (χ4n) is 1.24. The third kappa shape index (κ3) is 2.50. The van der Waals surface area contributed by atoms with E-state index in [0.717, 1.165) is 18.5 Å². The first-order valence-electron chi connectivity index (χ1n) is 3.86. The van der Waals surface area contributed by atoms with E-state index in [4.69, 9.17) is 11.5 Å². The van der Waals surface area contributed by atoms with Gasteiger partial charge in [0.05, 0.1) is 0 Å². The highest BCUT2D eigenvalue weighted by Crippen LogP contribution is 2.42. The number of hydrogen-bond acceptors (Lipinski definition) is 2. The van der Waals surface area contributed by atoms with Crippen LogP contribution in [0.2, 0.25) is 0 Å². The van der Waals surface area contributed by atoms with Crippen molar-refractivity contribution in [1.29, 1.82) is 0 Å². The van der Waals surface area contributed by atoms with Crippen LogP contribution in [0.15, 0.2) is 24.3 Å². The minimum absolute atomic E-state index is 0. The lowest BCUT2D eigenvalue weighted by Crippen LogP contribution is -2.18. The largest absolute Gasteiger partial charge is 0.399 e. The van der Waals surface area contributed by atoms with E-state index >= 15 is 0 Å². The molecular formula is C9H14Cl2N2. The number of anilines is 1. The van der Waals surface area contributed by atoms with Crippen LogP contribution in [0.25, 0.3) is 0 Å². The van der Waals surface area contributed by atoms with Gasteiger partial charge in [0, 0.05) is 11.2 Å². The molecule has 1 fully saturated rings. The Labute approximate surface area is 90.5 Å². The topological polar surface area (TPSA) is 52.0 Å². The maximum Gasteiger partial charge on any atom is 0.0411 e. The summed E-state index contributed by atoms with van der Waals surface area (Å²) in [6.45, 7) is 0. The minimum Gasteiger partial charge on any atom is -0.399 e. The van der Waals surface area contributed by atoms with Crippen LogP contribution in [-0.2, 0) is 5.54 Å². The Morgan fingerprint density at radius 2 is 1.46 bits per heavy atom. The fraction of sp³-hybridized carbons (Fsp3) is 0.333. The van der Waals surface area contributed by atoms with E-state index in [0.29, 0.717) is 0 Å². The van der Waals surface area contributed by atoms with Crippen molar-refractivity contribution in [3.8, 4) is 0 Å². The second-order valence-electron chi connectivity index (χ2n) is 3.28. The summed E-state index contributed by atoms with van der Waals surface area (Å²) in [4.78, 5) is 0. The normalized spacial score (nSPS) is 16.7. The molecule has 1 saturated carbocycles. The molecule has 0 bridgehead atoms. The van der Waals surface area contributed by atoms with Crippen LogP contribution in [0.4, 0.5) is 5.69 Å². The summed E-state index contributed by atoms with van der Waals surface area (Å²) in [6.07, 6.45) is 2.22. The zero-order chi connectivity index (χ0) is 7.90.